The molecule has 1 unspecified atom stereocenters. The van der Waals surface area contributed by atoms with Gasteiger partial charge in [0, 0.05) is 13.0 Å². The number of rotatable bonds is 5. The van der Waals surface area contributed by atoms with Crippen molar-refractivity contribution < 1.29 is 9.53 Å². The molecule has 1 aliphatic carbocycles. The first kappa shape index (κ1) is 12.4. The summed E-state index contributed by atoms with van der Waals surface area (Å²) in [7, 11) is 0. The Morgan fingerprint density at radius 1 is 1.59 bits per heavy atom. The second-order valence-corrected chi connectivity index (χ2v) is 5.22. The van der Waals surface area contributed by atoms with Crippen molar-refractivity contribution in [3.8, 4) is 6.07 Å². The third-order valence-corrected chi connectivity index (χ3v) is 3.87. The molecule has 1 saturated carbocycles. The van der Waals surface area contributed by atoms with Crippen LogP contribution in [0.4, 0.5) is 0 Å². The van der Waals surface area contributed by atoms with Crippen molar-refractivity contribution in [2.75, 3.05) is 19.7 Å². The van der Waals surface area contributed by atoms with Crippen LogP contribution in [0.2, 0.25) is 0 Å². The standard InChI is InChI=1S/C13H20N2O2/c1-2-17-12(16)11-4-3-9-15(11)10-13(5-6-13)7-8-14/h11H,2-7,9-10H2,1H3. The first-order valence-electron chi connectivity index (χ1n) is 6.48. The lowest BCUT2D eigenvalue weighted by Gasteiger charge is -2.26. The number of nitrogens with zero attached hydrogens (tertiary/aromatic N) is 2. The summed E-state index contributed by atoms with van der Waals surface area (Å²) in [4.78, 5) is 14.0. The van der Waals surface area contributed by atoms with Crippen molar-refractivity contribution in [2.45, 2.75) is 45.1 Å². The van der Waals surface area contributed by atoms with Crippen LogP contribution >= 0.6 is 0 Å². The minimum Gasteiger partial charge on any atom is -0.465 e. The number of carbonyl (C=O) groups is 1. The lowest BCUT2D eigenvalue weighted by molar-refractivity contribution is -0.148. The maximum atomic E-state index is 11.8. The van der Waals surface area contributed by atoms with E-state index in [4.69, 9.17) is 10.00 Å². The molecular weight excluding hydrogens is 216 g/mol. The number of esters is 1. The maximum Gasteiger partial charge on any atom is 0.323 e. The van der Waals surface area contributed by atoms with E-state index in [-0.39, 0.29) is 17.4 Å². The molecule has 0 aromatic carbocycles. The van der Waals surface area contributed by atoms with Crippen molar-refractivity contribution >= 4 is 5.97 Å². The van der Waals surface area contributed by atoms with Crippen LogP contribution in [-0.2, 0) is 9.53 Å². The zero-order valence-corrected chi connectivity index (χ0v) is 10.4. The minimum absolute atomic E-state index is 0.0638. The molecule has 0 amide bonds. The fourth-order valence-electron chi connectivity index (χ4n) is 2.69. The van der Waals surface area contributed by atoms with Crippen LogP contribution in [-0.4, -0.2) is 36.6 Å². The van der Waals surface area contributed by atoms with Gasteiger partial charge in [0.1, 0.15) is 6.04 Å². The van der Waals surface area contributed by atoms with E-state index in [0.29, 0.717) is 13.0 Å². The first-order valence-corrected chi connectivity index (χ1v) is 6.48. The van der Waals surface area contributed by atoms with Gasteiger partial charge in [0.15, 0.2) is 0 Å². The highest BCUT2D eigenvalue weighted by Crippen LogP contribution is 2.49. The predicted octanol–water partition coefficient (Wildman–Crippen LogP) is 1.71. The molecule has 2 aliphatic rings. The van der Waals surface area contributed by atoms with E-state index in [1.165, 1.54) is 0 Å². The fraction of sp³-hybridized carbons (Fsp3) is 0.846. The lowest BCUT2D eigenvalue weighted by Crippen LogP contribution is -2.40. The van der Waals surface area contributed by atoms with Gasteiger partial charge in [0.05, 0.1) is 12.7 Å². The van der Waals surface area contributed by atoms with Gasteiger partial charge in [0.2, 0.25) is 0 Å². The van der Waals surface area contributed by atoms with Crippen LogP contribution in [0.3, 0.4) is 0 Å². The molecule has 1 heterocycles. The molecule has 94 valence electrons. The van der Waals surface area contributed by atoms with Crippen molar-refractivity contribution in [3.63, 3.8) is 0 Å². The lowest BCUT2D eigenvalue weighted by atomic mass is 10.0. The van der Waals surface area contributed by atoms with E-state index in [2.05, 4.69) is 11.0 Å². The monoisotopic (exact) mass is 236 g/mol. The van der Waals surface area contributed by atoms with Crippen LogP contribution < -0.4 is 0 Å². The van der Waals surface area contributed by atoms with Crippen LogP contribution in [0.1, 0.15) is 39.0 Å². The molecule has 0 spiro atoms. The van der Waals surface area contributed by atoms with Gasteiger partial charge in [-0.2, -0.15) is 5.26 Å². The van der Waals surface area contributed by atoms with E-state index in [1.54, 1.807) is 0 Å². The smallest absolute Gasteiger partial charge is 0.323 e. The molecule has 0 N–H and O–H groups in total. The molecule has 1 saturated heterocycles. The molecule has 17 heavy (non-hydrogen) atoms. The van der Waals surface area contributed by atoms with Gasteiger partial charge in [-0.15, -0.1) is 0 Å². The molecule has 1 atom stereocenters. The Kier molecular flexibility index (Phi) is 3.68. The highest BCUT2D eigenvalue weighted by Gasteiger charge is 2.46. The van der Waals surface area contributed by atoms with Gasteiger partial charge in [-0.25, -0.2) is 0 Å². The molecule has 0 bridgehead atoms. The summed E-state index contributed by atoms with van der Waals surface area (Å²) in [6.07, 6.45) is 4.85. The first-order chi connectivity index (χ1) is 8.21. The zero-order valence-electron chi connectivity index (χ0n) is 10.4. The van der Waals surface area contributed by atoms with Crippen LogP contribution in [0.15, 0.2) is 0 Å². The van der Waals surface area contributed by atoms with E-state index >= 15 is 0 Å². The number of hydrogen-bond donors (Lipinski definition) is 0. The molecule has 2 fully saturated rings. The van der Waals surface area contributed by atoms with Crippen molar-refractivity contribution in [1.82, 2.24) is 4.90 Å². The molecule has 4 heteroatoms. The summed E-state index contributed by atoms with van der Waals surface area (Å²) in [5, 5.41) is 8.81. The number of hydrogen-bond acceptors (Lipinski definition) is 4. The summed E-state index contributed by atoms with van der Waals surface area (Å²) in [6, 6.07) is 2.21. The quantitative estimate of drug-likeness (QED) is 0.682. The number of likely N-dealkylation sites (tertiary alicyclic amines) is 1. The van der Waals surface area contributed by atoms with Crippen LogP contribution in [0.5, 0.6) is 0 Å². The number of nitriles is 1. The normalized spacial score (nSPS) is 26.5. The Balaban J connectivity index is 1.91. The molecule has 0 aromatic rings. The third kappa shape index (κ3) is 2.78. The summed E-state index contributed by atoms with van der Waals surface area (Å²) >= 11 is 0. The minimum atomic E-state index is -0.0854. The Hall–Kier alpha value is -1.08. The van der Waals surface area contributed by atoms with Gasteiger partial charge in [-0.05, 0) is 44.6 Å². The van der Waals surface area contributed by atoms with Crippen LogP contribution in [0, 0.1) is 16.7 Å². The summed E-state index contributed by atoms with van der Waals surface area (Å²) in [5.74, 6) is -0.0854. The zero-order chi connectivity index (χ0) is 12.3. The molecule has 1 aliphatic heterocycles. The Bertz CT molecular complexity index is 331. The second-order valence-electron chi connectivity index (χ2n) is 5.22. The molecule has 2 rings (SSSR count). The molecule has 0 radical (unpaired) electrons. The van der Waals surface area contributed by atoms with Gasteiger partial charge in [-0.3, -0.25) is 9.69 Å². The number of ether oxygens (including phenoxy) is 1. The van der Waals surface area contributed by atoms with Crippen molar-refractivity contribution in [3.05, 3.63) is 0 Å². The fourth-order valence-corrected chi connectivity index (χ4v) is 2.69. The molecule has 4 nitrogen and oxygen atoms in total. The predicted molar refractivity (Wildman–Crippen MR) is 63.1 cm³/mol. The third-order valence-electron chi connectivity index (χ3n) is 3.87. The summed E-state index contributed by atoms with van der Waals surface area (Å²) in [6.45, 7) is 4.16. The van der Waals surface area contributed by atoms with Crippen molar-refractivity contribution in [2.24, 2.45) is 5.41 Å². The Morgan fingerprint density at radius 2 is 2.35 bits per heavy atom. The SMILES string of the molecule is CCOC(=O)C1CCCN1CC1(CC#N)CC1. The van der Waals surface area contributed by atoms with Gasteiger partial charge in [-0.1, -0.05) is 0 Å². The van der Waals surface area contributed by atoms with Gasteiger partial charge < -0.3 is 4.74 Å². The number of carbonyl (C=O) groups excluding carboxylic acids is 1. The molecular formula is C13H20N2O2. The van der Waals surface area contributed by atoms with Gasteiger partial charge in [0.25, 0.3) is 0 Å². The second kappa shape index (κ2) is 5.05. The molecule has 0 aromatic heterocycles. The summed E-state index contributed by atoms with van der Waals surface area (Å²) < 4.78 is 5.11. The average Bonchev–Trinajstić information content (AvgIpc) is 2.89. The van der Waals surface area contributed by atoms with E-state index in [9.17, 15) is 4.79 Å². The highest BCUT2D eigenvalue weighted by atomic mass is 16.5. The highest BCUT2D eigenvalue weighted by molar-refractivity contribution is 5.76. The largest absolute Gasteiger partial charge is 0.465 e. The maximum absolute atomic E-state index is 11.8. The van der Waals surface area contributed by atoms with E-state index < -0.39 is 0 Å². The van der Waals surface area contributed by atoms with Crippen LogP contribution in [0.25, 0.3) is 0 Å². The van der Waals surface area contributed by atoms with E-state index in [0.717, 1.165) is 38.8 Å². The van der Waals surface area contributed by atoms with Crippen molar-refractivity contribution in [1.29, 1.82) is 5.26 Å². The van der Waals surface area contributed by atoms with Gasteiger partial charge >= 0.3 is 5.97 Å². The average molecular weight is 236 g/mol. The summed E-state index contributed by atoms with van der Waals surface area (Å²) in [5.41, 5.74) is 0.184. The Labute approximate surface area is 103 Å². The Morgan fingerprint density at radius 3 is 2.94 bits per heavy atom. The van der Waals surface area contributed by atoms with E-state index in [1.807, 2.05) is 6.92 Å². The topological polar surface area (TPSA) is 53.3 Å².